The molecule has 0 unspecified atom stereocenters. The molecule has 0 aliphatic heterocycles. The number of carbonyl (C=O) groups is 2. The predicted octanol–water partition coefficient (Wildman–Crippen LogP) is 5.80. The summed E-state index contributed by atoms with van der Waals surface area (Å²) in [6.07, 6.45) is 6.02. The molecule has 0 saturated heterocycles. The molecule has 5 nitrogen and oxygen atoms in total. The van der Waals surface area contributed by atoms with E-state index in [1.807, 2.05) is 11.0 Å². The quantitative estimate of drug-likeness (QED) is 0.557. The van der Waals surface area contributed by atoms with Crippen LogP contribution in [0.4, 0.5) is 10.1 Å². The molecule has 7 heteroatoms. The van der Waals surface area contributed by atoms with Gasteiger partial charge in [-0.05, 0) is 81.0 Å². The molecule has 2 aliphatic carbocycles. The van der Waals surface area contributed by atoms with Gasteiger partial charge in [-0.1, -0.05) is 19.1 Å². The first kappa shape index (κ1) is 23.9. The molecular weight excluding hydrogens is 441 g/mol. The Balaban J connectivity index is 1.76. The largest absolute Gasteiger partial charge is 0.465 e. The van der Waals surface area contributed by atoms with Gasteiger partial charge in [0.1, 0.15) is 10.7 Å². The van der Waals surface area contributed by atoms with Crippen LogP contribution < -0.4 is 4.90 Å². The molecule has 0 bridgehead atoms. The molecule has 1 heterocycles. The molecule has 33 heavy (non-hydrogen) atoms. The van der Waals surface area contributed by atoms with Gasteiger partial charge in [-0.25, -0.2) is 9.18 Å². The second-order valence-corrected chi connectivity index (χ2v) is 10.5. The van der Waals surface area contributed by atoms with Crippen LogP contribution in [0.1, 0.15) is 68.0 Å². The number of nitrogens with zero attached hydrogens (tertiary/aromatic N) is 1. The van der Waals surface area contributed by atoms with Crippen molar-refractivity contribution in [2.24, 2.45) is 11.8 Å². The highest BCUT2D eigenvalue weighted by atomic mass is 32.1. The van der Waals surface area contributed by atoms with E-state index in [1.165, 1.54) is 30.6 Å². The summed E-state index contributed by atoms with van der Waals surface area (Å²) in [5, 5.41) is 10.0. The monoisotopic (exact) mass is 473 g/mol. The van der Waals surface area contributed by atoms with Gasteiger partial charge in [-0.2, -0.15) is 0 Å². The lowest BCUT2D eigenvalue weighted by atomic mass is 9.81. The van der Waals surface area contributed by atoms with E-state index in [-0.39, 0.29) is 29.8 Å². The van der Waals surface area contributed by atoms with E-state index < -0.39 is 5.97 Å². The Bertz CT molecular complexity index is 990. The number of carbonyl (C=O) groups excluding carboxylic acids is 2. The van der Waals surface area contributed by atoms with Crippen LogP contribution in [0, 0.1) is 17.7 Å². The van der Waals surface area contributed by atoms with Gasteiger partial charge in [0.2, 0.25) is 5.91 Å². The van der Waals surface area contributed by atoms with Gasteiger partial charge in [0.05, 0.1) is 18.9 Å². The van der Waals surface area contributed by atoms with Crippen LogP contribution in [0.3, 0.4) is 0 Å². The minimum absolute atomic E-state index is 0.0528. The maximum absolute atomic E-state index is 13.9. The molecule has 4 rings (SSSR count). The Kier molecular flexibility index (Phi) is 7.49. The van der Waals surface area contributed by atoms with Crippen molar-refractivity contribution in [3.05, 3.63) is 41.0 Å². The molecule has 0 spiro atoms. The Morgan fingerprint density at radius 2 is 1.76 bits per heavy atom. The SMILES string of the molecule is COC(=O)c1sc(-c2cccc(F)c2)cc1N(C(=O)C1CCC(C)CC1)C1CCC(O)CC1. The number of halogens is 1. The molecule has 2 aromatic rings. The third-order valence-electron chi connectivity index (χ3n) is 7.09. The van der Waals surface area contributed by atoms with Crippen LogP contribution in [-0.4, -0.2) is 36.2 Å². The highest BCUT2D eigenvalue weighted by Gasteiger charge is 2.37. The van der Waals surface area contributed by atoms with Crippen LogP contribution >= 0.6 is 11.3 Å². The number of rotatable bonds is 5. The number of esters is 1. The van der Waals surface area contributed by atoms with E-state index >= 15 is 0 Å². The number of aliphatic hydroxyl groups is 1. The lowest BCUT2D eigenvalue weighted by Crippen LogP contribution is -2.47. The number of aliphatic hydroxyl groups excluding tert-OH is 1. The molecule has 2 fully saturated rings. The number of anilines is 1. The summed E-state index contributed by atoms with van der Waals surface area (Å²) in [6.45, 7) is 2.22. The van der Waals surface area contributed by atoms with Crippen molar-refractivity contribution in [1.82, 2.24) is 0 Å². The lowest BCUT2D eigenvalue weighted by Gasteiger charge is -2.38. The fraction of sp³-hybridized carbons (Fsp3) is 0.538. The summed E-state index contributed by atoms with van der Waals surface area (Å²) in [7, 11) is 1.33. The molecular formula is C26H32FNO4S. The number of hydrogen-bond acceptors (Lipinski definition) is 5. The third kappa shape index (κ3) is 5.30. The smallest absolute Gasteiger partial charge is 0.350 e. The predicted molar refractivity (Wildman–Crippen MR) is 128 cm³/mol. The molecule has 2 saturated carbocycles. The van der Waals surface area contributed by atoms with Crippen molar-refractivity contribution in [2.75, 3.05) is 12.0 Å². The Morgan fingerprint density at radius 3 is 2.39 bits per heavy atom. The molecule has 2 aliphatic rings. The van der Waals surface area contributed by atoms with Gasteiger partial charge >= 0.3 is 5.97 Å². The zero-order valence-electron chi connectivity index (χ0n) is 19.3. The first-order chi connectivity index (χ1) is 15.9. The number of ether oxygens (including phenoxy) is 1. The van der Waals surface area contributed by atoms with Crippen molar-refractivity contribution in [3.8, 4) is 10.4 Å². The number of thiophene rings is 1. The van der Waals surface area contributed by atoms with Gasteiger partial charge in [-0.15, -0.1) is 11.3 Å². The van der Waals surface area contributed by atoms with Crippen molar-refractivity contribution in [1.29, 1.82) is 0 Å². The van der Waals surface area contributed by atoms with Gasteiger partial charge in [0.25, 0.3) is 0 Å². The first-order valence-corrected chi connectivity index (χ1v) is 12.7. The van der Waals surface area contributed by atoms with E-state index in [4.69, 9.17) is 4.74 Å². The molecule has 1 aromatic heterocycles. The number of amides is 1. The van der Waals surface area contributed by atoms with Gasteiger partial charge in [0, 0.05) is 16.8 Å². The zero-order valence-corrected chi connectivity index (χ0v) is 20.1. The maximum Gasteiger partial charge on any atom is 0.350 e. The minimum atomic E-state index is -0.497. The highest BCUT2D eigenvalue weighted by Crippen LogP contribution is 2.42. The fourth-order valence-electron chi connectivity index (χ4n) is 5.10. The van der Waals surface area contributed by atoms with Crippen LogP contribution in [-0.2, 0) is 9.53 Å². The van der Waals surface area contributed by atoms with Gasteiger partial charge in [-0.3, -0.25) is 4.79 Å². The summed E-state index contributed by atoms with van der Waals surface area (Å²) in [5.74, 6) is -0.247. The summed E-state index contributed by atoms with van der Waals surface area (Å²) >= 11 is 1.23. The van der Waals surface area contributed by atoms with E-state index in [0.29, 0.717) is 47.7 Å². The van der Waals surface area contributed by atoms with E-state index in [1.54, 1.807) is 12.1 Å². The Hall–Kier alpha value is -2.25. The standard InChI is InChI=1S/C26H32FNO4S/c1-16-6-8-17(9-7-16)25(30)28(20-10-12-21(29)13-11-20)22-15-23(33-24(22)26(31)32-2)18-4-3-5-19(27)14-18/h3-5,14-17,20-21,29H,6-13H2,1-2H3. The molecule has 0 radical (unpaired) electrons. The van der Waals surface area contributed by atoms with Crippen molar-refractivity contribution < 1.29 is 23.8 Å². The first-order valence-electron chi connectivity index (χ1n) is 11.9. The lowest BCUT2D eigenvalue weighted by molar-refractivity contribution is -0.124. The van der Waals surface area contributed by atoms with Crippen molar-refractivity contribution in [2.45, 2.75) is 70.4 Å². The van der Waals surface area contributed by atoms with E-state index in [2.05, 4.69) is 6.92 Å². The number of methoxy groups -OCH3 is 1. The highest BCUT2D eigenvalue weighted by molar-refractivity contribution is 7.18. The average molecular weight is 474 g/mol. The molecule has 1 N–H and O–H groups in total. The minimum Gasteiger partial charge on any atom is -0.465 e. The third-order valence-corrected chi connectivity index (χ3v) is 8.24. The van der Waals surface area contributed by atoms with Crippen molar-refractivity contribution in [3.63, 3.8) is 0 Å². The average Bonchev–Trinajstić information content (AvgIpc) is 3.25. The summed E-state index contributed by atoms with van der Waals surface area (Å²) < 4.78 is 19.0. The molecule has 0 atom stereocenters. The summed E-state index contributed by atoms with van der Waals surface area (Å²) in [5.41, 5.74) is 1.21. The topological polar surface area (TPSA) is 66.8 Å². The van der Waals surface area contributed by atoms with Crippen molar-refractivity contribution >= 4 is 28.9 Å². The van der Waals surface area contributed by atoms with E-state index in [0.717, 1.165) is 30.6 Å². The van der Waals surface area contributed by atoms with Crippen LogP contribution in [0.25, 0.3) is 10.4 Å². The molecule has 178 valence electrons. The van der Waals surface area contributed by atoms with Crippen LogP contribution in [0.2, 0.25) is 0 Å². The second kappa shape index (κ2) is 10.3. The van der Waals surface area contributed by atoms with Gasteiger partial charge < -0.3 is 14.7 Å². The number of hydrogen-bond donors (Lipinski definition) is 1. The molecule has 1 aromatic carbocycles. The Labute approximate surface area is 198 Å². The van der Waals surface area contributed by atoms with Crippen LogP contribution in [0.5, 0.6) is 0 Å². The van der Waals surface area contributed by atoms with Crippen LogP contribution in [0.15, 0.2) is 30.3 Å². The zero-order chi connectivity index (χ0) is 23.5. The van der Waals surface area contributed by atoms with E-state index in [9.17, 15) is 19.1 Å². The maximum atomic E-state index is 13.9. The number of benzene rings is 1. The normalized spacial score (nSPS) is 25.5. The summed E-state index contributed by atoms with van der Waals surface area (Å²) in [4.78, 5) is 29.6. The molecule has 1 amide bonds. The Morgan fingerprint density at radius 1 is 1.06 bits per heavy atom. The second-order valence-electron chi connectivity index (χ2n) is 9.45. The fourth-order valence-corrected chi connectivity index (χ4v) is 6.16. The van der Waals surface area contributed by atoms with Gasteiger partial charge in [0.15, 0.2) is 0 Å². The summed E-state index contributed by atoms with van der Waals surface area (Å²) in [6, 6.07) is 8.00.